The Morgan fingerprint density at radius 3 is 2.64 bits per heavy atom. The zero-order valence-corrected chi connectivity index (χ0v) is 20.2. The summed E-state index contributed by atoms with van der Waals surface area (Å²) in [5.41, 5.74) is 2.99. The molecule has 0 spiro atoms. The van der Waals surface area contributed by atoms with Crippen LogP contribution in [0.3, 0.4) is 0 Å². The van der Waals surface area contributed by atoms with Gasteiger partial charge in [-0.15, -0.1) is 0 Å². The molecule has 36 heavy (non-hydrogen) atoms. The molecule has 184 valence electrons. The number of aromatic nitrogens is 1. The van der Waals surface area contributed by atoms with Crippen molar-refractivity contribution in [1.82, 2.24) is 9.47 Å². The number of ether oxygens (including phenoxy) is 2. The van der Waals surface area contributed by atoms with E-state index in [9.17, 15) is 9.59 Å². The lowest BCUT2D eigenvalue weighted by molar-refractivity contribution is 0.104. The molecule has 2 aromatic carbocycles. The summed E-state index contributed by atoms with van der Waals surface area (Å²) < 4.78 is 19.0. The van der Waals surface area contributed by atoms with Crippen molar-refractivity contribution in [1.29, 1.82) is 0 Å². The van der Waals surface area contributed by atoms with Gasteiger partial charge in [-0.2, -0.15) is 0 Å². The summed E-state index contributed by atoms with van der Waals surface area (Å²) in [6, 6.07) is 18.3. The minimum Gasteiger partial charge on any atom is -0.497 e. The Morgan fingerprint density at radius 1 is 0.972 bits per heavy atom. The number of benzene rings is 2. The highest BCUT2D eigenvalue weighted by Crippen LogP contribution is 2.34. The number of piperidine rings is 1. The highest BCUT2D eigenvalue weighted by molar-refractivity contribution is 5.82. The van der Waals surface area contributed by atoms with E-state index in [0.717, 1.165) is 49.6 Å². The molecule has 7 heteroatoms. The van der Waals surface area contributed by atoms with Crippen LogP contribution in [0.25, 0.3) is 22.1 Å². The number of nitrogens with zero attached hydrogens (tertiary/aromatic N) is 2. The molecule has 0 amide bonds. The Bertz CT molecular complexity index is 1520. The van der Waals surface area contributed by atoms with Crippen molar-refractivity contribution in [3.63, 3.8) is 0 Å². The standard InChI is InChI=1S/C29H28N2O5/c1-34-22-7-5-20(6-8-22)25-18-36-27-14-23(9-10-24(27)29(25)33)35-12-11-30-15-19-13-21(17-30)26-3-2-4-28(32)31(26)16-19/h2-10,14,18-19,21H,11-13,15-17H2,1H3/t19-,21+/m0/s1. The van der Waals surface area contributed by atoms with E-state index < -0.39 is 0 Å². The van der Waals surface area contributed by atoms with Crippen LogP contribution in [0.5, 0.6) is 11.5 Å². The van der Waals surface area contributed by atoms with Gasteiger partial charge in [0.05, 0.1) is 18.1 Å². The molecule has 2 aromatic heterocycles. The van der Waals surface area contributed by atoms with Crippen LogP contribution >= 0.6 is 0 Å². The summed E-state index contributed by atoms with van der Waals surface area (Å²) >= 11 is 0. The van der Waals surface area contributed by atoms with Crippen molar-refractivity contribution in [2.45, 2.75) is 18.9 Å². The van der Waals surface area contributed by atoms with Crippen LogP contribution < -0.4 is 20.5 Å². The number of likely N-dealkylation sites (tertiary alicyclic amines) is 1. The van der Waals surface area contributed by atoms with Gasteiger partial charge in [0.2, 0.25) is 0 Å². The molecule has 0 unspecified atom stereocenters. The summed E-state index contributed by atoms with van der Waals surface area (Å²) in [6.45, 7) is 4.06. The Hall–Kier alpha value is -3.84. The Kier molecular flexibility index (Phi) is 5.85. The molecule has 0 aliphatic carbocycles. The van der Waals surface area contributed by atoms with E-state index in [2.05, 4.69) is 11.0 Å². The lowest BCUT2D eigenvalue weighted by Crippen LogP contribution is -2.48. The Labute approximate surface area is 208 Å². The lowest BCUT2D eigenvalue weighted by atomic mass is 9.83. The van der Waals surface area contributed by atoms with Gasteiger partial charge in [-0.25, -0.2) is 0 Å². The molecule has 2 atom stereocenters. The molecular weight excluding hydrogens is 456 g/mol. The number of hydrogen-bond acceptors (Lipinski definition) is 6. The fourth-order valence-corrected chi connectivity index (χ4v) is 5.64. The topological polar surface area (TPSA) is 73.9 Å². The molecule has 0 saturated carbocycles. The van der Waals surface area contributed by atoms with E-state index in [4.69, 9.17) is 13.9 Å². The van der Waals surface area contributed by atoms with Crippen molar-refractivity contribution in [2.75, 3.05) is 33.4 Å². The average molecular weight is 485 g/mol. The van der Waals surface area contributed by atoms with Crippen molar-refractivity contribution >= 4 is 11.0 Å². The highest BCUT2D eigenvalue weighted by Gasteiger charge is 2.34. The summed E-state index contributed by atoms with van der Waals surface area (Å²) in [7, 11) is 1.61. The first kappa shape index (κ1) is 22.6. The number of hydrogen-bond donors (Lipinski definition) is 0. The third kappa shape index (κ3) is 4.20. The fraction of sp³-hybridized carbons (Fsp3) is 0.310. The van der Waals surface area contributed by atoms with Gasteiger partial charge in [-0.1, -0.05) is 18.2 Å². The molecule has 1 fully saturated rings. The predicted molar refractivity (Wildman–Crippen MR) is 138 cm³/mol. The second-order valence-corrected chi connectivity index (χ2v) is 9.67. The first-order valence-electron chi connectivity index (χ1n) is 12.3. The number of methoxy groups -OCH3 is 1. The van der Waals surface area contributed by atoms with Gasteiger partial charge < -0.3 is 18.5 Å². The van der Waals surface area contributed by atoms with Crippen molar-refractivity contribution < 1.29 is 13.9 Å². The quantitative estimate of drug-likeness (QED) is 0.410. The molecule has 2 bridgehead atoms. The zero-order valence-electron chi connectivity index (χ0n) is 20.2. The zero-order chi connectivity index (χ0) is 24.6. The molecule has 0 N–H and O–H groups in total. The Balaban J connectivity index is 1.12. The second kappa shape index (κ2) is 9.32. The van der Waals surface area contributed by atoms with Crippen molar-refractivity contribution in [3.8, 4) is 22.6 Å². The minimum absolute atomic E-state index is 0.0767. The van der Waals surface area contributed by atoms with Crippen molar-refractivity contribution in [3.05, 3.63) is 93.2 Å². The number of rotatable bonds is 6. The molecule has 1 saturated heterocycles. The first-order chi connectivity index (χ1) is 17.6. The van der Waals surface area contributed by atoms with Crippen LogP contribution in [0, 0.1) is 5.92 Å². The largest absolute Gasteiger partial charge is 0.497 e. The minimum atomic E-state index is -0.0767. The van der Waals surface area contributed by atoms with E-state index in [0.29, 0.717) is 40.7 Å². The molecule has 4 heterocycles. The van der Waals surface area contributed by atoms with E-state index in [-0.39, 0.29) is 11.0 Å². The summed E-state index contributed by atoms with van der Waals surface area (Å²) in [5, 5.41) is 0.522. The molecule has 6 rings (SSSR count). The van der Waals surface area contributed by atoms with Crippen LogP contribution in [0.4, 0.5) is 0 Å². The second-order valence-electron chi connectivity index (χ2n) is 9.67. The maximum Gasteiger partial charge on any atom is 0.250 e. The van der Waals surface area contributed by atoms with Crippen LogP contribution in [0.1, 0.15) is 18.0 Å². The normalized spacial score (nSPS) is 19.1. The summed E-state index contributed by atoms with van der Waals surface area (Å²) in [6.07, 6.45) is 2.65. The average Bonchev–Trinajstić information content (AvgIpc) is 2.90. The van der Waals surface area contributed by atoms with Gasteiger partial charge in [-0.05, 0) is 48.2 Å². The van der Waals surface area contributed by atoms with Crippen LogP contribution in [0.2, 0.25) is 0 Å². The third-order valence-electron chi connectivity index (χ3n) is 7.38. The highest BCUT2D eigenvalue weighted by atomic mass is 16.5. The molecular formula is C29H28N2O5. The monoisotopic (exact) mass is 484 g/mol. The van der Waals surface area contributed by atoms with Gasteiger partial charge >= 0.3 is 0 Å². The van der Waals surface area contributed by atoms with Gasteiger partial charge in [-0.3, -0.25) is 14.5 Å². The predicted octanol–water partition coefficient (Wildman–Crippen LogP) is 4.13. The SMILES string of the molecule is COc1ccc(-c2coc3cc(OCCN4C[C@@H]5C[C@H](C4)c4cccc(=O)n4C5)ccc3c2=O)cc1. The van der Waals surface area contributed by atoms with Crippen LogP contribution in [-0.4, -0.2) is 42.8 Å². The summed E-state index contributed by atoms with van der Waals surface area (Å²) in [5.74, 6) is 2.29. The van der Waals surface area contributed by atoms with Crippen molar-refractivity contribution in [2.24, 2.45) is 5.92 Å². The molecule has 0 radical (unpaired) electrons. The maximum absolute atomic E-state index is 13.1. The Morgan fingerprint density at radius 2 is 1.81 bits per heavy atom. The molecule has 2 aliphatic heterocycles. The van der Waals surface area contributed by atoms with Crippen LogP contribution in [-0.2, 0) is 6.54 Å². The number of pyridine rings is 1. The maximum atomic E-state index is 13.1. The van der Waals surface area contributed by atoms with Gasteiger partial charge in [0.15, 0.2) is 5.43 Å². The van der Waals surface area contributed by atoms with E-state index in [1.54, 1.807) is 25.3 Å². The van der Waals surface area contributed by atoms with Gasteiger partial charge in [0, 0.05) is 49.9 Å². The van der Waals surface area contributed by atoms with E-state index in [1.165, 1.54) is 6.26 Å². The fourth-order valence-electron chi connectivity index (χ4n) is 5.64. The van der Waals surface area contributed by atoms with Gasteiger partial charge in [0.1, 0.15) is 30.0 Å². The molecule has 4 aromatic rings. The molecule has 7 nitrogen and oxygen atoms in total. The van der Waals surface area contributed by atoms with E-state index >= 15 is 0 Å². The summed E-state index contributed by atoms with van der Waals surface area (Å²) in [4.78, 5) is 27.7. The van der Waals surface area contributed by atoms with E-state index in [1.807, 2.05) is 41.0 Å². The lowest BCUT2D eigenvalue weighted by Gasteiger charge is -2.42. The first-order valence-corrected chi connectivity index (χ1v) is 12.3. The smallest absolute Gasteiger partial charge is 0.250 e. The van der Waals surface area contributed by atoms with Gasteiger partial charge in [0.25, 0.3) is 5.56 Å². The molecule has 2 aliphatic rings. The number of fused-ring (bicyclic) bond motifs is 5. The third-order valence-corrected chi connectivity index (χ3v) is 7.38. The van der Waals surface area contributed by atoms with Crippen LogP contribution in [0.15, 0.2) is 80.9 Å².